The summed E-state index contributed by atoms with van der Waals surface area (Å²) < 4.78 is 11.5. The number of methoxy groups -OCH3 is 1. The van der Waals surface area contributed by atoms with Gasteiger partial charge < -0.3 is 19.7 Å². The monoisotopic (exact) mass is 479 g/mol. The largest absolute Gasteiger partial charge is 0.497 e. The molecular weight excluding hydrogens is 446 g/mol. The minimum Gasteiger partial charge on any atom is -0.497 e. The molecule has 0 saturated carbocycles. The molecule has 0 bridgehead atoms. The number of likely N-dealkylation sites (tertiary alicyclic amines) is 1. The first-order chi connectivity index (χ1) is 16.9. The third kappa shape index (κ3) is 5.03. The van der Waals surface area contributed by atoms with Gasteiger partial charge in [-0.25, -0.2) is 0 Å². The van der Waals surface area contributed by atoms with Gasteiger partial charge in [0.2, 0.25) is 5.91 Å². The summed E-state index contributed by atoms with van der Waals surface area (Å²) in [4.78, 5) is 43.3. The van der Waals surface area contributed by atoms with Crippen molar-refractivity contribution < 1.29 is 23.9 Å². The fraction of sp³-hybridized carbons (Fsp3) is 0.444. The number of hydrogen-bond acceptors (Lipinski definition) is 5. The first-order valence-corrected chi connectivity index (χ1v) is 12.1. The van der Waals surface area contributed by atoms with E-state index < -0.39 is 11.8 Å². The molecule has 0 aromatic heterocycles. The number of piperidine rings is 1. The minimum atomic E-state index is -0.935. The number of hydrogen-bond donors (Lipinski definition) is 1. The van der Waals surface area contributed by atoms with Gasteiger partial charge in [0.15, 0.2) is 0 Å². The summed E-state index contributed by atoms with van der Waals surface area (Å²) in [6, 6.07) is 15.3. The molecule has 2 aliphatic heterocycles. The van der Waals surface area contributed by atoms with Crippen LogP contribution in [0.15, 0.2) is 54.6 Å². The molecular formula is C27H33N3O5. The Bertz CT molecular complexity index is 1070. The maximum absolute atomic E-state index is 13.7. The average Bonchev–Trinajstić information content (AvgIpc) is 3.27. The lowest BCUT2D eigenvalue weighted by atomic mass is 9.96. The van der Waals surface area contributed by atoms with Crippen molar-refractivity contribution in [3.8, 4) is 5.75 Å². The van der Waals surface area contributed by atoms with Crippen molar-refractivity contribution in [2.45, 2.75) is 50.9 Å². The molecule has 0 aliphatic carbocycles. The molecule has 4 rings (SSSR count). The van der Waals surface area contributed by atoms with Gasteiger partial charge >= 0.3 is 0 Å². The summed E-state index contributed by atoms with van der Waals surface area (Å²) in [5.74, 6) is 0.0809. The van der Waals surface area contributed by atoms with Crippen molar-refractivity contribution in [3.05, 3.63) is 65.7 Å². The molecule has 2 aromatic rings. The topological polar surface area (TPSA) is 88.2 Å². The molecule has 8 nitrogen and oxygen atoms in total. The van der Waals surface area contributed by atoms with E-state index in [9.17, 15) is 14.4 Å². The van der Waals surface area contributed by atoms with E-state index in [2.05, 4.69) is 5.32 Å². The Kier molecular flexibility index (Phi) is 7.40. The summed E-state index contributed by atoms with van der Waals surface area (Å²) in [5, 5.41) is 3.00. The Hall–Kier alpha value is -3.39. The molecule has 1 spiro atoms. The summed E-state index contributed by atoms with van der Waals surface area (Å²) in [5.41, 5.74) is 0.125. The van der Waals surface area contributed by atoms with Gasteiger partial charge in [0, 0.05) is 43.1 Å². The van der Waals surface area contributed by atoms with Gasteiger partial charge in [0.1, 0.15) is 17.5 Å². The highest BCUT2D eigenvalue weighted by Gasteiger charge is 2.54. The van der Waals surface area contributed by atoms with E-state index in [1.807, 2.05) is 19.9 Å². The first kappa shape index (κ1) is 24.7. The quantitative estimate of drug-likeness (QED) is 0.688. The Morgan fingerprint density at radius 1 is 1.06 bits per heavy atom. The van der Waals surface area contributed by atoms with E-state index in [4.69, 9.17) is 9.47 Å². The number of ether oxygens (including phenoxy) is 2. The zero-order valence-corrected chi connectivity index (χ0v) is 20.5. The lowest BCUT2D eigenvalue weighted by molar-refractivity contribution is -0.128. The predicted molar refractivity (Wildman–Crippen MR) is 131 cm³/mol. The van der Waals surface area contributed by atoms with Crippen LogP contribution in [0, 0.1) is 0 Å². The first-order valence-electron chi connectivity index (χ1n) is 12.1. The Labute approximate surface area is 206 Å². The van der Waals surface area contributed by atoms with E-state index in [-0.39, 0.29) is 30.4 Å². The highest BCUT2D eigenvalue weighted by atomic mass is 16.5. The second-order valence-corrected chi connectivity index (χ2v) is 9.16. The van der Waals surface area contributed by atoms with Gasteiger partial charge in [-0.3, -0.25) is 19.3 Å². The SMILES string of the molecule is CC[C@@H](C)NC(=O)[C@H]1COC2(CCN(C(=O)c3cccc(OC)c3)CC2)N1C(=O)c1ccccc1. The number of carbonyl (C=O) groups excluding carboxylic acids is 3. The van der Waals surface area contributed by atoms with E-state index in [1.54, 1.807) is 65.4 Å². The lowest BCUT2D eigenvalue weighted by Gasteiger charge is -2.44. The van der Waals surface area contributed by atoms with Crippen LogP contribution in [-0.2, 0) is 9.53 Å². The van der Waals surface area contributed by atoms with Crippen LogP contribution in [0.2, 0.25) is 0 Å². The minimum absolute atomic E-state index is 0.00457. The molecule has 8 heteroatoms. The van der Waals surface area contributed by atoms with Crippen LogP contribution in [0.1, 0.15) is 53.8 Å². The zero-order valence-electron chi connectivity index (χ0n) is 20.5. The van der Waals surface area contributed by atoms with Crippen LogP contribution in [-0.4, -0.2) is 72.1 Å². The molecule has 35 heavy (non-hydrogen) atoms. The van der Waals surface area contributed by atoms with Crippen LogP contribution in [0.25, 0.3) is 0 Å². The highest BCUT2D eigenvalue weighted by Crippen LogP contribution is 2.39. The molecule has 2 aliphatic rings. The normalized spacial score (nSPS) is 19.9. The lowest BCUT2D eigenvalue weighted by Crippen LogP contribution is -2.60. The third-order valence-electron chi connectivity index (χ3n) is 6.95. The molecule has 2 heterocycles. The van der Waals surface area contributed by atoms with Gasteiger partial charge in [-0.2, -0.15) is 0 Å². The summed E-state index contributed by atoms with van der Waals surface area (Å²) >= 11 is 0. The van der Waals surface area contributed by atoms with Crippen molar-refractivity contribution in [2.24, 2.45) is 0 Å². The number of rotatable bonds is 6. The Balaban J connectivity index is 1.55. The van der Waals surface area contributed by atoms with Crippen molar-refractivity contribution in [2.75, 3.05) is 26.8 Å². The van der Waals surface area contributed by atoms with Crippen molar-refractivity contribution >= 4 is 17.7 Å². The predicted octanol–water partition coefficient (Wildman–Crippen LogP) is 3.08. The Morgan fingerprint density at radius 3 is 2.40 bits per heavy atom. The van der Waals surface area contributed by atoms with Gasteiger partial charge in [0.25, 0.3) is 11.8 Å². The summed E-state index contributed by atoms with van der Waals surface area (Å²) in [6.45, 7) is 4.89. The van der Waals surface area contributed by atoms with Gasteiger partial charge in [-0.1, -0.05) is 31.2 Å². The van der Waals surface area contributed by atoms with Crippen LogP contribution in [0.5, 0.6) is 5.75 Å². The number of carbonyl (C=O) groups is 3. The summed E-state index contributed by atoms with van der Waals surface area (Å²) in [6.07, 6.45) is 1.64. The number of benzene rings is 2. The number of nitrogens with zero attached hydrogens (tertiary/aromatic N) is 2. The van der Waals surface area contributed by atoms with Gasteiger partial charge in [-0.05, 0) is 43.7 Å². The number of amides is 3. The number of nitrogens with one attached hydrogen (secondary N) is 1. The van der Waals surface area contributed by atoms with Crippen LogP contribution < -0.4 is 10.1 Å². The van der Waals surface area contributed by atoms with E-state index >= 15 is 0 Å². The molecule has 0 unspecified atom stereocenters. The van der Waals surface area contributed by atoms with Gasteiger partial charge in [-0.15, -0.1) is 0 Å². The third-order valence-corrected chi connectivity index (χ3v) is 6.95. The van der Waals surface area contributed by atoms with Crippen LogP contribution >= 0.6 is 0 Å². The fourth-order valence-corrected chi connectivity index (χ4v) is 4.73. The molecule has 3 amide bonds. The molecule has 2 saturated heterocycles. The maximum atomic E-state index is 13.7. The summed E-state index contributed by atoms with van der Waals surface area (Å²) in [7, 11) is 1.57. The van der Waals surface area contributed by atoms with Crippen LogP contribution in [0.3, 0.4) is 0 Å². The smallest absolute Gasteiger partial charge is 0.256 e. The van der Waals surface area contributed by atoms with Crippen molar-refractivity contribution in [1.82, 2.24) is 15.1 Å². The molecule has 2 atom stereocenters. The zero-order chi connectivity index (χ0) is 25.0. The van der Waals surface area contributed by atoms with E-state index in [0.717, 1.165) is 6.42 Å². The molecule has 186 valence electrons. The molecule has 0 radical (unpaired) electrons. The van der Waals surface area contributed by atoms with Crippen molar-refractivity contribution in [1.29, 1.82) is 0 Å². The second kappa shape index (κ2) is 10.5. The average molecular weight is 480 g/mol. The van der Waals surface area contributed by atoms with Gasteiger partial charge in [0.05, 0.1) is 13.7 Å². The molecule has 2 fully saturated rings. The standard InChI is InChI=1S/C27H33N3O5/c1-4-19(2)28-24(31)23-18-35-27(30(23)26(33)20-9-6-5-7-10-20)13-15-29(16-14-27)25(32)21-11-8-12-22(17-21)34-3/h5-12,17,19,23H,4,13-16,18H2,1-3H3,(H,28,31)/t19-,23-/m1/s1. The second-order valence-electron chi connectivity index (χ2n) is 9.16. The molecule has 2 aromatic carbocycles. The van der Waals surface area contributed by atoms with E-state index in [0.29, 0.717) is 42.8 Å². The highest BCUT2D eigenvalue weighted by molar-refractivity contribution is 5.98. The Morgan fingerprint density at radius 2 is 1.74 bits per heavy atom. The molecule has 1 N–H and O–H groups in total. The van der Waals surface area contributed by atoms with E-state index in [1.165, 1.54) is 0 Å². The van der Waals surface area contributed by atoms with Crippen molar-refractivity contribution in [3.63, 3.8) is 0 Å². The van der Waals surface area contributed by atoms with Crippen LogP contribution in [0.4, 0.5) is 0 Å². The fourth-order valence-electron chi connectivity index (χ4n) is 4.73. The maximum Gasteiger partial charge on any atom is 0.256 e.